The first-order valence-electron chi connectivity index (χ1n) is 5.43. The summed E-state index contributed by atoms with van der Waals surface area (Å²) in [4.78, 5) is 13.9. The van der Waals surface area contributed by atoms with Gasteiger partial charge in [-0.25, -0.2) is 0 Å². The average molecular weight is 197 g/mol. The van der Waals surface area contributed by atoms with Gasteiger partial charge in [-0.2, -0.15) is 0 Å². The van der Waals surface area contributed by atoms with Crippen molar-refractivity contribution < 1.29 is 9.53 Å². The van der Waals surface area contributed by atoms with Gasteiger partial charge in [0.05, 0.1) is 12.6 Å². The van der Waals surface area contributed by atoms with Gasteiger partial charge in [0, 0.05) is 12.3 Å². The fourth-order valence-electron chi connectivity index (χ4n) is 2.70. The van der Waals surface area contributed by atoms with E-state index in [1.54, 1.807) is 0 Å². The smallest absolute Gasteiger partial charge is 0.228 e. The first kappa shape index (κ1) is 9.97. The normalized spacial score (nSPS) is 42.4. The highest BCUT2D eigenvalue weighted by atomic mass is 16.5. The van der Waals surface area contributed by atoms with E-state index in [4.69, 9.17) is 4.74 Å². The zero-order valence-electron chi connectivity index (χ0n) is 9.41. The quantitative estimate of drug-likeness (QED) is 0.639. The highest BCUT2D eigenvalue weighted by Crippen LogP contribution is 2.42. The molecule has 0 saturated carbocycles. The van der Waals surface area contributed by atoms with E-state index in [9.17, 15) is 4.79 Å². The van der Waals surface area contributed by atoms with E-state index in [0.717, 1.165) is 6.42 Å². The second-order valence-corrected chi connectivity index (χ2v) is 5.11. The molecular weight excluding hydrogens is 178 g/mol. The van der Waals surface area contributed by atoms with E-state index in [1.807, 2.05) is 18.7 Å². The Kier molecular flexibility index (Phi) is 2.11. The number of carbonyl (C=O) groups excluding carboxylic acids is 1. The van der Waals surface area contributed by atoms with Crippen molar-refractivity contribution in [2.24, 2.45) is 11.8 Å². The molecule has 2 heterocycles. The summed E-state index contributed by atoms with van der Waals surface area (Å²) in [5.74, 6) is 0.872. The lowest BCUT2D eigenvalue weighted by molar-refractivity contribution is -0.138. The molecule has 2 fully saturated rings. The summed E-state index contributed by atoms with van der Waals surface area (Å²) >= 11 is 0. The van der Waals surface area contributed by atoms with Crippen LogP contribution < -0.4 is 0 Å². The molecule has 0 bridgehead atoms. The first-order valence-corrected chi connectivity index (χ1v) is 5.43. The Morgan fingerprint density at radius 1 is 1.57 bits per heavy atom. The molecule has 3 nitrogen and oxygen atoms in total. The molecule has 0 aromatic rings. The van der Waals surface area contributed by atoms with Gasteiger partial charge in [0.15, 0.2) is 0 Å². The number of fused-ring (bicyclic) bond motifs is 1. The Morgan fingerprint density at radius 2 is 2.21 bits per heavy atom. The SMILES string of the molecule is CC1C[C@@]2(C)OC[C@H](C(C)C)N2C1=O. The van der Waals surface area contributed by atoms with Gasteiger partial charge in [-0.1, -0.05) is 20.8 Å². The largest absolute Gasteiger partial charge is 0.354 e. The van der Waals surface area contributed by atoms with E-state index in [2.05, 4.69) is 13.8 Å². The fraction of sp³-hybridized carbons (Fsp3) is 0.909. The van der Waals surface area contributed by atoms with Crippen LogP contribution in [0, 0.1) is 11.8 Å². The number of amides is 1. The molecule has 2 saturated heterocycles. The third-order valence-electron chi connectivity index (χ3n) is 3.52. The summed E-state index contributed by atoms with van der Waals surface area (Å²) in [5, 5.41) is 0. The molecule has 14 heavy (non-hydrogen) atoms. The highest BCUT2D eigenvalue weighted by molar-refractivity contribution is 5.82. The zero-order chi connectivity index (χ0) is 10.5. The predicted octanol–water partition coefficient (Wildman–Crippen LogP) is 1.63. The molecule has 1 amide bonds. The third-order valence-corrected chi connectivity index (χ3v) is 3.52. The minimum atomic E-state index is -0.314. The fourth-order valence-corrected chi connectivity index (χ4v) is 2.70. The molecule has 0 spiro atoms. The van der Waals surface area contributed by atoms with Gasteiger partial charge < -0.3 is 9.64 Å². The molecule has 0 aromatic carbocycles. The van der Waals surface area contributed by atoms with Crippen molar-refractivity contribution in [2.45, 2.75) is 45.9 Å². The molecule has 3 heteroatoms. The molecule has 0 radical (unpaired) electrons. The van der Waals surface area contributed by atoms with E-state index < -0.39 is 0 Å². The molecule has 2 aliphatic rings. The second-order valence-electron chi connectivity index (χ2n) is 5.11. The molecule has 80 valence electrons. The maximum Gasteiger partial charge on any atom is 0.228 e. The third kappa shape index (κ3) is 1.18. The van der Waals surface area contributed by atoms with Crippen molar-refractivity contribution >= 4 is 5.91 Å². The van der Waals surface area contributed by atoms with Crippen molar-refractivity contribution in [3.05, 3.63) is 0 Å². The Labute approximate surface area is 85.4 Å². The summed E-state index contributed by atoms with van der Waals surface area (Å²) in [7, 11) is 0. The van der Waals surface area contributed by atoms with Gasteiger partial charge >= 0.3 is 0 Å². The molecule has 2 aliphatic heterocycles. The van der Waals surface area contributed by atoms with Crippen molar-refractivity contribution in [2.75, 3.05) is 6.61 Å². The number of hydrogen-bond acceptors (Lipinski definition) is 2. The second kappa shape index (κ2) is 2.96. The van der Waals surface area contributed by atoms with Crippen molar-refractivity contribution in [3.63, 3.8) is 0 Å². The Balaban J connectivity index is 2.28. The molecule has 3 atom stereocenters. The molecule has 1 unspecified atom stereocenters. The van der Waals surface area contributed by atoms with Crippen molar-refractivity contribution in [1.82, 2.24) is 4.90 Å². The zero-order valence-corrected chi connectivity index (χ0v) is 9.41. The minimum Gasteiger partial charge on any atom is -0.354 e. The van der Waals surface area contributed by atoms with Gasteiger partial charge in [0.25, 0.3) is 0 Å². The molecule has 2 rings (SSSR count). The maximum atomic E-state index is 12.0. The van der Waals surface area contributed by atoms with Crippen LogP contribution in [0.3, 0.4) is 0 Å². The average Bonchev–Trinajstić information content (AvgIpc) is 2.50. The van der Waals surface area contributed by atoms with Gasteiger partial charge in [0.1, 0.15) is 5.72 Å². The molecule has 0 N–H and O–H groups in total. The maximum absolute atomic E-state index is 12.0. The lowest BCUT2D eigenvalue weighted by atomic mass is 10.0. The van der Waals surface area contributed by atoms with Crippen LogP contribution in [-0.4, -0.2) is 29.2 Å². The topological polar surface area (TPSA) is 29.5 Å². The number of ether oxygens (including phenoxy) is 1. The van der Waals surface area contributed by atoms with Gasteiger partial charge in [-0.3, -0.25) is 4.79 Å². The van der Waals surface area contributed by atoms with E-state index in [-0.39, 0.29) is 23.6 Å². The Hall–Kier alpha value is -0.570. The van der Waals surface area contributed by atoms with E-state index >= 15 is 0 Å². The molecule has 0 aromatic heterocycles. The lowest BCUT2D eigenvalue weighted by Crippen LogP contribution is -2.45. The summed E-state index contributed by atoms with van der Waals surface area (Å²) in [6.45, 7) is 9.03. The van der Waals surface area contributed by atoms with E-state index in [0.29, 0.717) is 12.5 Å². The summed E-state index contributed by atoms with van der Waals surface area (Å²) in [6.07, 6.45) is 0.842. The predicted molar refractivity (Wildman–Crippen MR) is 53.6 cm³/mol. The van der Waals surface area contributed by atoms with Gasteiger partial charge in [-0.15, -0.1) is 0 Å². The van der Waals surface area contributed by atoms with Crippen molar-refractivity contribution in [1.29, 1.82) is 0 Å². The first-order chi connectivity index (χ1) is 6.46. The molecular formula is C11H19NO2. The number of nitrogens with zero attached hydrogens (tertiary/aromatic N) is 1. The van der Waals surface area contributed by atoms with Crippen LogP contribution in [0.4, 0.5) is 0 Å². The number of hydrogen-bond donors (Lipinski definition) is 0. The van der Waals surface area contributed by atoms with Crippen LogP contribution in [0.25, 0.3) is 0 Å². The summed E-state index contributed by atoms with van der Waals surface area (Å²) in [6, 6.07) is 0.275. The van der Waals surface area contributed by atoms with Crippen LogP contribution >= 0.6 is 0 Å². The lowest BCUT2D eigenvalue weighted by Gasteiger charge is -2.31. The Bertz CT molecular complexity index is 264. The van der Waals surface area contributed by atoms with Crippen LogP contribution in [0.1, 0.15) is 34.1 Å². The van der Waals surface area contributed by atoms with Crippen LogP contribution in [0.5, 0.6) is 0 Å². The van der Waals surface area contributed by atoms with Crippen LogP contribution in [-0.2, 0) is 9.53 Å². The number of carbonyl (C=O) groups is 1. The monoisotopic (exact) mass is 197 g/mol. The van der Waals surface area contributed by atoms with E-state index in [1.165, 1.54) is 0 Å². The van der Waals surface area contributed by atoms with Gasteiger partial charge in [0.2, 0.25) is 5.91 Å². The highest BCUT2D eigenvalue weighted by Gasteiger charge is 2.54. The van der Waals surface area contributed by atoms with Crippen LogP contribution in [0.2, 0.25) is 0 Å². The summed E-state index contributed by atoms with van der Waals surface area (Å²) < 4.78 is 5.78. The Morgan fingerprint density at radius 3 is 2.79 bits per heavy atom. The molecule has 0 aliphatic carbocycles. The van der Waals surface area contributed by atoms with Crippen LogP contribution in [0.15, 0.2) is 0 Å². The standard InChI is InChI=1S/C11H19NO2/c1-7(2)9-6-14-11(4)5-8(3)10(13)12(9)11/h7-9H,5-6H2,1-4H3/t8?,9-,11-/m1/s1. The number of rotatable bonds is 1. The van der Waals surface area contributed by atoms with Gasteiger partial charge in [-0.05, 0) is 12.8 Å². The minimum absolute atomic E-state index is 0.126. The summed E-state index contributed by atoms with van der Waals surface area (Å²) in [5.41, 5.74) is -0.314. The van der Waals surface area contributed by atoms with Crippen molar-refractivity contribution in [3.8, 4) is 0 Å².